The molecule has 1 atom stereocenters. The van der Waals surface area contributed by atoms with Gasteiger partial charge in [-0.1, -0.05) is 0 Å². The number of halogens is 5. The summed E-state index contributed by atoms with van der Waals surface area (Å²) in [6.07, 6.45) is -2.56. The van der Waals surface area contributed by atoms with Gasteiger partial charge < -0.3 is 10.2 Å². The molecule has 2 aliphatic heterocycles. The molecule has 5 nitrogen and oxygen atoms in total. The van der Waals surface area contributed by atoms with Crippen molar-refractivity contribution < 1.29 is 18.0 Å². The van der Waals surface area contributed by atoms with E-state index in [0.717, 1.165) is 44.9 Å². The number of amides is 1. The highest BCUT2D eigenvalue weighted by Crippen LogP contribution is 2.27. The standard InChI is InChI=1S/C15H19F3N4O.2ClH/c16-15(17,18)13-2-1-11(9-20-13)14(23)22-6-3-12(10-22)21-7-4-19-5-8-21;;/h1-2,9,12,19H,3-8,10H2;2*1H. The van der Waals surface area contributed by atoms with E-state index in [1.807, 2.05) is 0 Å². The van der Waals surface area contributed by atoms with Crippen LogP contribution in [0.5, 0.6) is 0 Å². The summed E-state index contributed by atoms with van der Waals surface area (Å²) < 4.78 is 37.5. The number of likely N-dealkylation sites (tertiary alicyclic amines) is 1. The minimum Gasteiger partial charge on any atom is -0.337 e. The van der Waals surface area contributed by atoms with Crippen molar-refractivity contribution in [3.05, 3.63) is 29.6 Å². The van der Waals surface area contributed by atoms with E-state index in [0.29, 0.717) is 19.1 Å². The number of alkyl halides is 3. The molecule has 2 aliphatic rings. The lowest BCUT2D eigenvalue weighted by atomic mass is 10.2. The van der Waals surface area contributed by atoms with Crippen molar-refractivity contribution in [3.8, 4) is 0 Å². The van der Waals surface area contributed by atoms with E-state index in [1.54, 1.807) is 4.90 Å². The average molecular weight is 401 g/mol. The van der Waals surface area contributed by atoms with Crippen LogP contribution in [0.4, 0.5) is 13.2 Å². The number of aromatic nitrogens is 1. The first-order valence-corrected chi connectivity index (χ1v) is 7.72. The molecule has 3 heterocycles. The maximum absolute atomic E-state index is 12.5. The van der Waals surface area contributed by atoms with Crippen LogP contribution in [0, 0.1) is 0 Å². The predicted molar refractivity (Wildman–Crippen MR) is 92.5 cm³/mol. The van der Waals surface area contributed by atoms with Gasteiger partial charge in [-0.05, 0) is 18.6 Å². The molecule has 1 aromatic rings. The van der Waals surface area contributed by atoms with E-state index < -0.39 is 11.9 Å². The Labute approximate surface area is 156 Å². The highest BCUT2D eigenvalue weighted by atomic mass is 35.5. The number of hydrogen-bond donors (Lipinski definition) is 1. The Balaban J connectivity index is 0.00000156. The molecule has 0 aromatic carbocycles. The summed E-state index contributed by atoms with van der Waals surface area (Å²) in [6.45, 7) is 5.10. The van der Waals surface area contributed by atoms with Crippen LogP contribution in [0.25, 0.3) is 0 Å². The third-order valence-electron chi connectivity index (χ3n) is 4.42. The number of carbonyl (C=O) groups excluding carboxylic acids is 1. The minimum atomic E-state index is -4.48. The Morgan fingerprint density at radius 2 is 1.84 bits per heavy atom. The largest absolute Gasteiger partial charge is 0.433 e. The van der Waals surface area contributed by atoms with Gasteiger partial charge in [-0.25, -0.2) is 0 Å². The Morgan fingerprint density at radius 1 is 1.16 bits per heavy atom. The van der Waals surface area contributed by atoms with E-state index in [1.165, 1.54) is 6.07 Å². The Kier molecular flexibility index (Phi) is 7.92. The van der Waals surface area contributed by atoms with Crippen LogP contribution in [-0.2, 0) is 6.18 Å². The molecular weight excluding hydrogens is 380 g/mol. The van der Waals surface area contributed by atoms with Crippen LogP contribution in [0.3, 0.4) is 0 Å². The molecule has 1 aromatic heterocycles. The first kappa shape index (κ1) is 22.0. The number of carbonyl (C=O) groups is 1. The Hall–Kier alpha value is -1.09. The first-order chi connectivity index (χ1) is 10.9. The van der Waals surface area contributed by atoms with E-state index in [4.69, 9.17) is 0 Å². The molecule has 0 bridgehead atoms. The summed E-state index contributed by atoms with van der Waals surface area (Å²) in [4.78, 5) is 19.8. The molecule has 2 fully saturated rings. The second kappa shape index (κ2) is 9.02. The van der Waals surface area contributed by atoms with Gasteiger partial charge in [-0.2, -0.15) is 13.2 Å². The second-order valence-electron chi connectivity index (χ2n) is 5.91. The Morgan fingerprint density at radius 3 is 2.40 bits per heavy atom. The Bertz CT molecular complexity index is 565. The molecule has 1 unspecified atom stereocenters. The van der Waals surface area contributed by atoms with Crippen LogP contribution in [0.1, 0.15) is 22.5 Å². The maximum atomic E-state index is 12.5. The summed E-state index contributed by atoms with van der Waals surface area (Å²) in [6, 6.07) is 2.40. The van der Waals surface area contributed by atoms with Crippen LogP contribution in [0.15, 0.2) is 18.3 Å². The quantitative estimate of drug-likeness (QED) is 0.825. The van der Waals surface area contributed by atoms with Gasteiger partial charge in [-0.15, -0.1) is 24.8 Å². The molecule has 1 N–H and O–H groups in total. The van der Waals surface area contributed by atoms with Crippen molar-refractivity contribution in [1.29, 1.82) is 0 Å². The molecule has 0 spiro atoms. The molecule has 1 amide bonds. The van der Waals surface area contributed by atoms with E-state index in [-0.39, 0.29) is 36.3 Å². The number of nitrogens with zero attached hydrogens (tertiary/aromatic N) is 3. The van der Waals surface area contributed by atoms with Crippen LogP contribution >= 0.6 is 24.8 Å². The van der Waals surface area contributed by atoms with E-state index in [9.17, 15) is 18.0 Å². The zero-order valence-electron chi connectivity index (χ0n) is 13.5. The number of rotatable bonds is 2. The van der Waals surface area contributed by atoms with Crippen molar-refractivity contribution in [2.24, 2.45) is 0 Å². The third-order valence-corrected chi connectivity index (χ3v) is 4.42. The first-order valence-electron chi connectivity index (χ1n) is 7.72. The van der Waals surface area contributed by atoms with Crippen molar-refractivity contribution >= 4 is 30.7 Å². The smallest absolute Gasteiger partial charge is 0.337 e. The average Bonchev–Trinajstić information content (AvgIpc) is 3.04. The van der Waals surface area contributed by atoms with Crippen molar-refractivity contribution in [3.63, 3.8) is 0 Å². The fourth-order valence-electron chi connectivity index (χ4n) is 3.14. The lowest BCUT2D eigenvalue weighted by Crippen LogP contribution is -2.49. The van der Waals surface area contributed by atoms with Gasteiger partial charge >= 0.3 is 6.18 Å². The lowest BCUT2D eigenvalue weighted by Gasteiger charge is -2.32. The summed E-state index contributed by atoms with van der Waals surface area (Å²) >= 11 is 0. The van der Waals surface area contributed by atoms with Crippen LogP contribution in [-0.4, -0.2) is 66.0 Å². The summed E-state index contributed by atoms with van der Waals surface area (Å²) in [5, 5.41) is 3.29. The van der Waals surface area contributed by atoms with Gasteiger partial charge in [0.15, 0.2) is 0 Å². The minimum absolute atomic E-state index is 0. The molecule has 3 rings (SSSR count). The van der Waals surface area contributed by atoms with Crippen LogP contribution in [0.2, 0.25) is 0 Å². The van der Waals surface area contributed by atoms with Gasteiger partial charge in [0.25, 0.3) is 5.91 Å². The molecule has 0 radical (unpaired) electrons. The fraction of sp³-hybridized carbons (Fsp3) is 0.600. The fourth-order valence-corrected chi connectivity index (χ4v) is 3.14. The van der Waals surface area contributed by atoms with Gasteiger partial charge in [0.05, 0.1) is 5.56 Å². The molecule has 0 saturated carbocycles. The highest BCUT2D eigenvalue weighted by molar-refractivity contribution is 5.94. The van der Waals surface area contributed by atoms with Gasteiger partial charge in [0, 0.05) is 51.5 Å². The van der Waals surface area contributed by atoms with Gasteiger partial charge in [0.1, 0.15) is 5.69 Å². The molecule has 10 heteroatoms. The van der Waals surface area contributed by atoms with Crippen molar-refractivity contribution in [2.75, 3.05) is 39.3 Å². The maximum Gasteiger partial charge on any atom is 0.433 e. The van der Waals surface area contributed by atoms with Gasteiger partial charge in [-0.3, -0.25) is 14.7 Å². The normalized spacial score (nSPS) is 21.4. The van der Waals surface area contributed by atoms with Crippen LogP contribution < -0.4 is 5.32 Å². The van der Waals surface area contributed by atoms with Crippen molar-refractivity contribution in [1.82, 2.24) is 20.1 Å². The predicted octanol–water partition coefficient (Wildman–Crippen LogP) is 2.06. The summed E-state index contributed by atoms with van der Waals surface area (Å²) in [5.41, 5.74) is -0.770. The number of piperazine rings is 1. The molecule has 142 valence electrons. The zero-order valence-corrected chi connectivity index (χ0v) is 15.1. The second-order valence-corrected chi connectivity index (χ2v) is 5.91. The highest BCUT2D eigenvalue weighted by Gasteiger charge is 2.34. The van der Waals surface area contributed by atoms with E-state index >= 15 is 0 Å². The molecule has 2 saturated heterocycles. The lowest BCUT2D eigenvalue weighted by molar-refractivity contribution is -0.141. The monoisotopic (exact) mass is 400 g/mol. The van der Waals surface area contributed by atoms with Crippen molar-refractivity contribution in [2.45, 2.75) is 18.6 Å². The number of hydrogen-bond acceptors (Lipinski definition) is 4. The molecule has 25 heavy (non-hydrogen) atoms. The molecular formula is C15H21Cl2F3N4O. The zero-order chi connectivity index (χ0) is 16.4. The molecule has 0 aliphatic carbocycles. The SMILES string of the molecule is Cl.Cl.O=C(c1ccc(C(F)(F)F)nc1)N1CCC(N2CCNCC2)C1. The topological polar surface area (TPSA) is 48.5 Å². The van der Waals surface area contributed by atoms with E-state index in [2.05, 4.69) is 15.2 Å². The number of pyridine rings is 1. The summed E-state index contributed by atoms with van der Waals surface area (Å²) in [5.74, 6) is -0.246. The summed E-state index contributed by atoms with van der Waals surface area (Å²) in [7, 11) is 0. The van der Waals surface area contributed by atoms with Gasteiger partial charge in [0.2, 0.25) is 0 Å². The third kappa shape index (κ3) is 5.20. The number of nitrogens with one attached hydrogen (secondary N) is 1.